The monoisotopic (exact) mass is 614 g/mol. The highest BCUT2D eigenvalue weighted by Crippen LogP contribution is 2.58. The number of carbonyl (C=O) groups is 4. The molecule has 9 nitrogen and oxygen atoms in total. The van der Waals surface area contributed by atoms with Gasteiger partial charge in [0, 0.05) is 29.4 Å². The lowest BCUT2D eigenvalue weighted by molar-refractivity contribution is -0.131. The van der Waals surface area contributed by atoms with Crippen LogP contribution in [-0.2, 0) is 15.0 Å². The third-order valence-electron chi connectivity index (χ3n) is 9.16. The van der Waals surface area contributed by atoms with Crippen molar-refractivity contribution in [2.75, 3.05) is 24.4 Å². The number of hydrogen-bond acceptors (Lipinski definition) is 8. The standard InChI is InChI=1S/C37H30N2O7/c1-21(40)46-25-16-12-23(13-17-25)35(42)33-32(34(41)24-14-18-29(44-2)30(20-24)45-3)37(26-9-5-6-10-27(26)38-36(37)43)31-19-15-22-8-4-7-11-28(22)39(31)33/h4-20,31-33H,1-3H3,(H,38,43)/t31-,32-,33-,37-/m1/s1. The first kappa shape index (κ1) is 29.0. The Labute approximate surface area is 265 Å². The van der Waals surface area contributed by atoms with E-state index in [9.17, 15) is 14.4 Å². The van der Waals surface area contributed by atoms with Crippen molar-refractivity contribution in [2.24, 2.45) is 5.92 Å². The summed E-state index contributed by atoms with van der Waals surface area (Å²) >= 11 is 0. The van der Waals surface area contributed by atoms with E-state index in [0.29, 0.717) is 28.3 Å². The molecule has 7 rings (SSSR count). The van der Waals surface area contributed by atoms with Crippen molar-refractivity contribution in [3.05, 3.63) is 119 Å². The molecule has 4 aromatic carbocycles. The summed E-state index contributed by atoms with van der Waals surface area (Å²) in [6.07, 6.45) is 3.88. The van der Waals surface area contributed by atoms with Gasteiger partial charge in [0.25, 0.3) is 0 Å². The average Bonchev–Trinajstić information content (AvgIpc) is 3.55. The quantitative estimate of drug-likeness (QED) is 0.165. The predicted molar refractivity (Wildman–Crippen MR) is 172 cm³/mol. The Hall–Kier alpha value is -5.70. The fourth-order valence-corrected chi connectivity index (χ4v) is 7.31. The zero-order valence-corrected chi connectivity index (χ0v) is 25.4. The predicted octanol–water partition coefficient (Wildman–Crippen LogP) is 5.49. The third kappa shape index (κ3) is 4.23. The number of ketones is 2. The summed E-state index contributed by atoms with van der Waals surface area (Å²) in [5.74, 6) is -1.65. The number of anilines is 2. The molecule has 0 saturated carbocycles. The number of esters is 1. The van der Waals surface area contributed by atoms with Crippen LogP contribution in [0.25, 0.3) is 6.08 Å². The summed E-state index contributed by atoms with van der Waals surface area (Å²) in [4.78, 5) is 57.9. The van der Waals surface area contributed by atoms with Gasteiger partial charge in [-0.15, -0.1) is 0 Å². The Morgan fingerprint density at radius 3 is 2.24 bits per heavy atom. The van der Waals surface area contributed by atoms with Gasteiger partial charge in [0.1, 0.15) is 17.2 Å². The molecule has 1 spiro atoms. The largest absolute Gasteiger partial charge is 0.493 e. The van der Waals surface area contributed by atoms with Crippen molar-refractivity contribution in [3.63, 3.8) is 0 Å². The number of carbonyl (C=O) groups excluding carboxylic acids is 4. The minimum atomic E-state index is -1.46. The van der Waals surface area contributed by atoms with Crippen molar-refractivity contribution < 1.29 is 33.4 Å². The summed E-state index contributed by atoms with van der Waals surface area (Å²) in [6.45, 7) is 1.30. The second kappa shape index (κ2) is 11.0. The minimum Gasteiger partial charge on any atom is -0.493 e. The van der Waals surface area contributed by atoms with Crippen molar-refractivity contribution in [2.45, 2.75) is 24.4 Å². The first-order valence-corrected chi connectivity index (χ1v) is 14.8. The van der Waals surface area contributed by atoms with E-state index in [0.717, 1.165) is 11.3 Å². The first-order valence-electron chi connectivity index (χ1n) is 14.8. The Kier molecular flexibility index (Phi) is 6.96. The number of amides is 1. The second-order valence-electron chi connectivity index (χ2n) is 11.5. The lowest BCUT2D eigenvalue weighted by Gasteiger charge is -2.37. The number of hydrogen-bond donors (Lipinski definition) is 1. The van der Waals surface area contributed by atoms with Crippen LogP contribution in [0.5, 0.6) is 17.2 Å². The Morgan fingerprint density at radius 1 is 0.804 bits per heavy atom. The number of ether oxygens (including phenoxy) is 3. The highest BCUT2D eigenvalue weighted by atomic mass is 16.5. The first-order chi connectivity index (χ1) is 22.3. The molecule has 46 heavy (non-hydrogen) atoms. The van der Waals surface area contributed by atoms with Gasteiger partial charge in [-0.25, -0.2) is 0 Å². The van der Waals surface area contributed by atoms with E-state index in [1.165, 1.54) is 21.1 Å². The van der Waals surface area contributed by atoms with Gasteiger partial charge in [-0.05, 0) is 65.7 Å². The smallest absolute Gasteiger partial charge is 0.308 e. The highest BCUT2D eigenvalue weighted by Gasteiger charge is 2.70. The average molecular weight is 615 g/mol. The lowest BCUT2D eigenvalue weighted by Crippen LogP contribution is -2.51. The minimum absolute atomic E-state index is 0.277. The van der Waals surface area contributed by atoms with Gasteiger partial charge < -0.3 is 24.4 Å². The maximum atomic E-state index is 15.1. The van der Waals surface area contributed by atoms with Crippen LogP contribution >= 0.6 is 0 Å². The van der Waals surface area contributed by atoms with Crippen molar-refractivity contribution in [1.82, 2.24) is 0 Å². The van der Waals surface area contributed by atoms with Crippen LogP contribution in [0.1, 0.15) is 38.8 Å². The molecule has 3 aliphatic rings. The van der Waals surface area contributed by atoms with Crippen LogP contribution < -0.4 is 24.4 Å². The molecular formula is C37H30N2O7. The number of rotatable bonds is 7. The number of Topliss-reactive ketones (excluding diaryl/α,β-unsaturated/α-hetero) is 2. The molecule has 3 aliphatic heterocycles. The van der Waals surface area contributed by atoms with Crippen molar-refractivity contribution >= 4 is 40.9 Å². The Morgan fingerprint density at radius 2 is 1.50 bits per heavy atom. The fraction of sp³-hybridized carbons (Fsp3) is 0.189. The van der Waals surface area contributed by atoms with Crippen LogP contribution in [0.4, 0.5) is 11.4 Å². The van der Waals surface area contributed by atoms with Crippen molar-refractivity contribution in [3.8, 4) is 17.2 Å². The van der Waals surface area contributed by atoms with Crippen LogP contribution in [0, 0.1) is 5.92 Å². The van der Waals surface area contributed by atoms with E-state index in [-0.39, 0.29) is 28.8 Å². The molecule has 4 aromatic rings. The van der Waals surface area contributed by atoms with Crippen LogP contribution in [-0.4, -0.2) is 49.7 Å². The molecule has 0 unspecified atom stereocenters. The molecule has 1 amide bonds. The maximum absolute atomic E-state index is 15.1. The topological polar surface area (TPSA) is 111 Å². The van der Waals surface area contributed by atoms with Gasteiger partial charge in [-0.2, -0.15) is 0 Å². The van der Waals surface area contributed by atoms with Gasteiger partial charge in [0.05, 0.1) is 26.2 Å². The number of methoxy groups -OCH3 is 2. The highest BCUT2D eigenvalue weighted by molar-refractivity contribution is 6.18. The maximum Gasteiger partial charge on any atom is 0.308 e. The number of nitrogens with one attached hydrogen (secondary N) is 1. The van der Waals surface area contributed by atoms with Gasteiger partial charge in [0.15, 0.2) is 23.1 Å². The second-order valence-corrected chi connectivity index (χ2v) is 11.5. The van der Waals surface area contributed by atoms with Crippen molar-refractivity contribution in [1.29, 1.82) is 0 Å². The zero-order chi connectivity index (χ0) is 32.2. The molecular weight excluding hydrogens is 584 g/mol. The number of fused-ring (bicyclic) bond motifs is 6. The van der Waals surface area contributed by atoms with Crippen LogP contribution in [0.2, 0.25) is 0 Å². The fourth-order valence-electron chi connectivity index (χ4n) is 7.31. The van der Waals surface area contributed by atoms with E-state index in [1.807, 2.05) is 65.6 Å². The van der Waals surface area contributed by atoms with E-state index in [4.69, 9.17) is 14.2 Å². The van der Waals surface area contributed by atoms with Crippen LogP contribution in [0.15, 0.2) is 97.1 Å². The summed E-state index contributed by atoms with van der Waals surface area (Å²) in [5, 5.41) is 3.03. The normalized spacial score (nSPS) is 22.0. The summed E-state index contributed by atoms with van der Waals surface area (Å²) in [5.41, 5.74) is 1.98. The number of nitrogens with zero attached hydrogens (tertiary/aromatic N) is 1. The SMILES string of the molecule is COc1ccc(C(=O)[C@H]2[C@H](C(=O)c3ccc(OC(C)=O)cc3)N3c4ccccc4C=C[C@@H]3[C@@]23C(=O)Nc2ccccc23)cc1OC. The van der Waals surface area contributed by atoms with E-state index < -0.39 is 29.4 Å². The molecule has 230 valence electrons. The Bertz CT molecular complexity index is 1950. The summed E-state index contributed by atoms with van der Waals surface area (Å²) in [6, 6.07) is 24.3. The third-order valence-corrected chi connectivity index (χ3v) is 9.16. The van der Waals surface area contributed by atoms with Gasteiger partial charge in [-0.3, -0.25) is 19.2 Å². The molecule has 1 fully saturated rings. The Balaban J connectivity index is 1.48. The van der Waals surface area contributed by atoms with E-state index in [1.54, 1.807) is 42.5 Å². The van der Waals surface area contributed by atoms with E-state index in [2.05, 4.69) is 5.32 Å². The lowest BCUT2D eigenvalue weighted by atomic mass is 9.64. The molecule has 0 bridgehead atoms. The van der Waals surface area contributed by atoms with E-state index >= 15 is 4.79 Å². The van der Waals surface area contributed by atoms with Gasteiger partial charge in [0.2, 0.25) is 5.91 Å². The number of benzene rings is 4. The molecule has 0 aliphatic carbocycles. The molecule has 1 saturated heterocycles. The number of para-hydroxylation sites is 2. The van der Waals surface area contributed by atoms with Gasteiger partial charge in [-0.1, -0.05) is 48.6 Å². The zero-order valence-electron chi connectivity index (χ0n) is 25.4. The molecule has 3 heterocycles. The van der Waals surface area contributed by atoms with Crippen LogP contribution in [0.3, 0.4) is 0 Å². The molecule has 0 aromatic heterocycles. The molecule has 0 radical (unpaired) electrons. The molecule has 1 N–H and O–H groups in total. The summed E-state index contributed by atoms with van der Waals surface area (Å²) < 4.78 is 16.1. The molecule has 4 atom stereocenters. The molecule has 9 heteroatoms. The van der Waals surface area contributed by atoms with Gasteiger partial charge >= 0.3 is 5.97 Å². The summed E-state index contributed by atoms with van der Waals surface area (Å²) in [7, 11) is 2.99.